The second kappa shape index (κ2) is 7.90. The minimum atomic E-state index is -3.80. The normalized spacial score (nSPS) is 17.4. The lowest BCUT2D eigenvalue weighted by atomic mass is 10.2. The van der Waals surface area contributed by atoms with E-state index in [0.29, 0.717) is 12.0 Å². The summed E-state index contributed by atoms with van der Waals surface area (Å²) in [5, 5.41) is 0. The van der Waals surface area contributed by atoms with E-state index < -0.39 is 25.9 Å². The van der Waals surface area contributed by atoms with Gasteiger partial charge in [-0.1, -0.05) is 17.7 Å². The molecule has 1 fully saturated rings. The van der Waals surface area contributed by atoms with E-state index in [9.17, 15) is 21.2 Å². The molecule has 2 aromatic carbocycles. The number of hydrogen-bond acceptors (Lipinski definition) is 4. The molecule has 6 nitrogen and oxygen atoms in total. The fourth-order valence-electron chi connectivity index (χ4n) is 3.33. The van der Waals surface area contributed by atoms with Crippen LogP contribution in [-0.2, 0) is 20.0 Å². The van der Waals surface area contributed by atoms with E-state index in [1.807, 2.05) is 13.0 Å². The van der Waals surface area contributed by atoms with E-state index in [-0.39, 0.29) is 36.0 Å². The highest BCUT2D eigenvalue weighted by molar-refractivity contribution is 7.89. The third-order valence-electron chi connectivity index (χ3n) is 4.81. The number of sulfonamides is 2. The quantitative estimate of drug-likeness (QED) is 0.753. The predicted molar refractivity (Wildman–Crippen MR) is 104 cm³/mol. The third kappa shape index (κ3) is 4.12. The van der Waals surface area contributed by atoms with Crippen molar-refractivity contribution in [2.24, 2.45) is 0 Å². The van der Waals surface area contributed by atoms with Crippen LogP contribution in [0.25, 0.3) is 0 Å². The summed E-state index contributed by atoms with van der Waals surface area (Å²) < 4.78 is 67.4. The van der Waals surface area contributed by atoms with Gasteiger partial charge in [0, 0.05) is 26.2 Å². The number of halogens is 1. The molecule has 1 saturated heterocycles. The van der Waals surface area contributed by atoms with E-state index in [1.54, 1.807) is 19.1 Å². The third-order valence-corrected chi connectivity index (χ3v) is 8.79. The van der Waals surface area contributed by atoms with Crippen molar-refractivity contribution in [3.05, 3.63) is 59.4 Å². The fourth-order valence-corrected chi connectivity index (χ4v) is 6.48. The second-order valence-corrected chi connectivity index (χ2v) is 10.7. The summed E-state index contributed by atoms with van der Waals surface area (Å²) >= 11 is 0. The van der Waals surface area contributed by atoms with Crippen LogP contribution in [0.5, 0.6) is 0 Å². The molecule has 0 amide bonds. The number of aryl methyl sites for hydroxylation is 2. The zero-order valence-electron chi connectivity index (χ0n) is 15.8. The summed E-state index contributed by atoms with van der Waals surface area (Å²) in [5.74, 6) is -0.513. The van der Waals surface area contributed by atoms with Crippen molar-refractivity contribution in [1.82, 2.24) is 8.61 Å². The van der Waals surface area contributed by atoms with Crippen molar-refractivity contribution in [2.45, 2.75) is 30.1 Å². The molecule has 0 spiro atoms. The topological polar surface area (TPSA) is 74.8 Å². The Morgan fingerprint density at radius 1 is 0.786 bits per heavy atom. The highest BCUT2D eigenvalue weighted by atomic mass is 32.2. The lowest BCUT2D eigenvalue weighted by molar-refractivity contribution is 0.404. The van der Waals surface area contributed by atoms with Gasteiger partial charge in [-0.05, 0) is 56.2 Å². The molecule has 0 aromatic heterocycles. The first-order valence-electron chi connectivity index (χ1n) is 8.95. The van der Waals surface area contributed by atoms with E-state index in [2.05, 4.69) is 0 Å². The molecule has 0 unspecified atom stereocenters. The van der Waals surface area contributed by atoms with Crippen LogP contribution in [0.2, 0.25) is 0 Å². The monoisotopic (exact) mass is 426 g/mol. The SMILES string of the molecule is Cc1ccc(S(=O)(=O)N2CCCN(S(=O)(=O)c3ccc(F)cc3)CC2)c(C)c1. The molecule has 1 aliphatic rings. The number of benzene rings is 2. The van der Waals surface area contributed by atoms with E-state index in [1.165, 1.54) is 20.7 Å². The van der Waals surface area contributed by atoms with Gasteiger partial charge in [0.15, 0.2) is 0 Å². The number of nitrogens with zero attached hydrogens (tertiary/aromatic N) is 2. The Morgan fingerprint density at radius 2 is 1.36 bits per heavy atom. The van der Waals surface area contributed by atoms with Gasteiger partial charge in [-0.25, -0.2) is 21.2 Å². The summed E-state index contributed by atoms with van der Waals surface area (Å²) in [6.45, 7) is 4.21. The second-order valence-electron chi connectivity index (χ2n) is 6.88. The van der Waals surface area contributed by atoms with Crippen molar-refractivity contribution in [2.75, 3.05) is 26.2 Å². The van der Waals surface area contributed by atoms with Crippen molar-refractivity contribution in [3.8, 4) is 0 Å². The predicted octanol–water partition coefficient (Wildman–Crippen LogP) is 2.53. The van der Waals surface area contributed by atoms with Gasteiger partial charge in [0.25, 0.3) is 0 Å². The van der Waals surface area contributed by atoms with Crippen molar-refractivity contribution >= 4 is 20.0 Å². The van der Waals surface area contributed by atoms with Crippen LogP contribution in [0.15, 0.2) is 52.3 Å². The average molecular weight is 427 g/mol. The Bertz CT molecular complexity index is 1070. The van der Waals surface area contributed by atoms with Gasteiger partial charge in [-0.3, -0.25) is 0 Å². The molecule has 1 aliphatic heterocycles. The number of hydrogen-bond donors (Lipinski definition) is 0. The Hall–Kier alpha value is -1.81. The van der Waals surface area contributed by atoms with E-state index >= 15 is 0 Å². The van der Waals surface area contributed by atoms with Crippen LogP contribution in [0.3, 0.4) is 0 Å². The van der Waals surface area contributed by atoms with Gasteiger partial charge >= 0.3 is 0 Å². The zero-order valence-corrected chi connectivity index (χ0v) is 17.4. The molecule has 3 rings (SSSR count). The standard InChI is InChI=1S/C19H23FN2O4S2/c1-15-4-9-19(16(2)14-15)28(25,26)22-11-3-10-21(12-13-22)27(23,24)18-7-5-17(20)6-8-18/h4-9,14H,3,10-13H2,1-2H3. The Kier molecular flexibility index (Phi) is 5.90. The molecule has 0 saturated carbocycles. The van der Waals surface area contributed by atoms with Gasteiger partial charge in [0.2, 0.25) is 20.0 Å². The highest BCUT2D eigenvalue weighted by Gasteiger charge is 2.32. The van der Waals surface area contributed by atoms with Crippen molar-refractivity contribution in [3.63, 3.8) is 0 Å². The van der Waals surface area contributed by atoms with Gasteiger partial charge < -0.3 is 0 Å². The minimum absolute atomic E-state index is 0.000383. The van der Waals surface area contributed by atoms with Gasteiger partial charge in [-0.15, -0.1) is 0 Å². The maximum atomic E-state index is 13.1. The minimum Gasteiger partial charge on any atom is -0.207 e. The smallest absolute Gasteiger partial charge is 0.207 e. The average Bonchev–Trinajstić information content (AvgIpc) is 2.89. The van der Waals surface area contributed by atoms with Crippen molar-refractivity contribution in [1.29, 1.82) is 0 Å². The molecule has 9 heteroatoms. The van der Waals surface area contributed by atoms with Crippen LogP contribution < -0.4 is 0 Å². The highest BCUT2D eigenvalue weighted by Crippen LogP contribution is 2.24. The lowest BCUT2D eigenvalue weighted by Crippen LogP contribution is -2.37. The Morgan fingerprint density at radius 3 is 1.93 bits per heavy atom. The van der Waals surface area contributed by atoms with Gasteiger partial charge in [0.05, 0.1) is 9.79 Å². The van der Waals surface area contributed by atoms with Crippen LogP contribution in [0.1, 0.15) is 17.5 Å². The Balaban J connectivity index is 1.82. The molecule has 1 heterocycles. The lowest BCUT2D eigenvalue weighted by Gasteiger charge is -2.22. The molecule has 0 bridgehead atoms. The summed E-state index contributed by atoms with van der Waals surface area (Å²) in [6, 6.07) is 9.81. The van der Waals surface area contributed by atoms with Crippen LogP contribution >= 0.6 is 0 Å². The summed E-state index contributed by atoms with van der Waals surface area (Å²) in [4.78, 5) is 0.243. The molecule has 0 aliphatic carbocycles. The first-order chi connectivity index (χ1) is 13.1. The van der Waals surface area contributed by atoms with Crippen LogP contribution in [0, 0.1) is 19.7 Å². The zero-order chi connectivity index (χ0) is 20.5. The van der Waals surface area contributed by atoms with E-state index in [4.69, 9.17) is 0 Å². The molecule has 0 N–H and O–H groups in total. The number of rotatable bonds is 4. The van der Waals surface area contributed by atoms with Gasteiger partial charge in [0.1, 0.15) is 5.82 Å². The fraction of sp³-hybridized carbons (Fsp3) is 0.368. The summed E-state index contributed by atoms with van der Waals surface area (Å²) in [7, 11) is -7.51. The summed E-state index contributed by atoms with van der Waals surface area (Å²) in [5.41, 5.74) is 1.64. The van der Waals surface area contributed by atoms with Crippen LogP contribution in [0.4, 0.5) is 4.39 Å². The molecular formula is C19H23FN2O4S2. The first-order valence-corrected chi connectivity index (χ1v) is 11.8. The molecule has 28 heavy (non-hydrogen) atoms. The Labute approximate surface area is 165 Å². The van der Waals surface area contributed by atoms with Crippen molar-refractivity contribution < 1.29 is 21.2 Å². The van der Waals surface area contributed by atoms with Gasteiger partial charge in [-0.2, -0.15) is 8.61 Å². The molecule has 152 valence electrons. The molecule has 2 aromatic rings. The summed E-state index contributed by atoms with van der Waals surface area (Å²) in [6.07, 6.45) is 0.380. The van der Waals surface area contributed by atoms with Crippen LogP contribution in [-0.4, -0.2) is 51.6 Å². The van der Waals surface area contributed by atoms with E-state index in [0.717, 1.165) is 17.7 Å². The largest absolute Gasteiger partial charge is 0.243 e. The molecule has 0 atom stereocenters. The molecular weight excluding hydrogens is 403 g/mol. The maximum Gasteiger partial charge on any atom is 0.243 e. The molecule has 0 radical (unpaired) electrons. The first kappa shape index (κ1) is 20.9. The maximum absolute atomic E-state index is 13.1.